The van der Waals surface area contributed by atoms with E-state index in [1.807, 2.05) is 0 Å². The predicted octanol–water partition coefficient (Wildman–Crippen LogP) is 4.67. The first-order chi connectivity index (χ1) is 8.60. The molecule has 0 amide bonds. The average Bonchev–Trinajstić information content (AvgIpc) is 2.38. The van der Waals surface area contributed by atoms with E-state index in [-0.39, 0.29) is 12.4 Å². The van der Waals surface area contributed by atoms with Crippen LogP contribution in [0.25, 0.3) is 11.1 Å². The van der Waals surface area contributed by atoms with E-state index in [0.717, 1.165) is 0 Å². The fraction of sp³-hybridized carbons (Fsp3) is 0.294. The van der Waals surface area contributed by atoms with Crippen molar-refractivity contribution in [1.82, 2.24) is 0 Å². The molecule has 0 heterocycles. The van der Waals surface area contributed by atoms with Crippen molar-refractivity contribution in [3.8, 4) is 11.1 Å². The molecule has 0 saturated heterocycles. The normalized spacial score (nSPS) is 10.4. The molecule has 0 saturated carbocycles. The zero-order chi connectivity index (χ0) is 13.1. The van der Waals surface area contributed by atoms with Gasteiger partial charge in [-0.1, -0.05) is 55.8 Å². The Kier molecular flexibility index (Phi) is 5.59. The van der Waals surface area contributed by atoms with Crippen molar-refractivity contribution in [1.29, 1.82) is 0 Å². The van der Waals surface area contributed by atoms with Gasteiger partial charge in [-0.25, -0.2) is 0 Å². The van der Waals surface area contributed by atoms with E-state index in [4.69, 9.17) is 5.73 Å². The van der Waals surface area contributed by atoms with Gasteiger partial charge in [0.2, 0.25) is 0 Å². The molecule has 0 aliphatic heterocycles. The van der Waals surface area contributed by atoms with E-state index in [9.17, 15) is 0 Å². The molecule has 0 fully saturated rings. The van der Waals surface area contributed by atoms with Gasteiger partial charge in [-0.05, 0) is 41.2 Å². The molecule has 2 aromatic rings. The molecule has 19 heavy (non-hydrogen) atoms. The maximum atomic E-state index is 5.74. The van der Waals surface area contributed by atoms with E-state index in [1.54, 1.807) is 0 Å². The standard InChI is InChI=1S/C17H21N.ClH/c1-12(2)15-5-4-6-16(10-15)17-8-13(3)7-14(9-17)11-18;/h4-10,12H,11,18H2,1-3H3;1H. The average molecular weight is 276 g/mol. The molecule has 0 spiro atoms. The van der Waals surface area contributed by atoms with E-state index in [0.29, 0.717) is 12.5 Å². The zero-order valence-corrected chi connectivity index (χ0v) is 12.6. The molecule has 0 aromatic heterocycles. The number of nitrogens with two attached hydrogens (primary N) is 1. The Labute approximate surface area is 122 Å². The van der Waals surface area contributed by atoms with Crippen LogP contribution in [0.2, 0.25) is 0 Å². The van der Waals surface area contributed by atoms with Crippen molar-refractivity contribution in [2.45, 2.75) is 33.2 Å². The SMILES string of the molecule is Cc1cc(CN)cc(-c2cccc(C(C)C)c2)c1.Cl. The molecule has 0 bridgehead atoms. The van der Waals surface area contributed by atoms with Crippen LogP contribution in [-0.2, 0) is 6.54 Å². The van der Waals surface area contributed by atoms with Crippen LogP contribution in [0.5, 0.6) is 0 Å². The van der Waals surface area contributed by atoms with Gasteiger partial charge in [0, 0.05) is 6.54 Å². The summed E-state index contributed by atoms with van der Waals surface area (Å²) in [6.45, 7) is 7.16. The minimum absolute atomic E-state index is 0. The van der Waals surface area contributed by atoms with Crippen LogP contribution in [0.15, 0.2) is 42.5 Å². The highest BCUT2D eigenvalue weighted by molar-refractivity contribution is 5.85. The van der Waals surface area contributed by atoms with E-state index in [2.05, 4.69) is 63.2 Å². The summed E-state index contributed by atoms with van der Waals surface area (Å²) in [5.41, 5.74) is 12.1. The maximum Gasteiger partial charge on any atom is 0.0178 e. The van der Waals surface area contributed by atoms with Crippen molar-refractivity contribution in [3.63, 3.8) is 0 Å². The Morgan fingerprint density at radius 3 is 2.37 bits per heavy atom. The van der Waals surface area contributed by atoms with Gasteiger partial charge in [-0.15, -0.1) is 12.4 Å². The lowest BCUT2D eigenvalue weighted by Crippen LogP contribution is -1.97. The summed E-state index contributed by atoms with van der Waals surface area (Å²) in [4.78, 5) is 0. The third-order valence-electron chi connectivity index (χ3n) is 3.26. The summed E-state index contributed by atoms with van der Waals surface area (Å²) in [6, 6.07) is 15.3. The molecule has 2 rings (SSSR count). The largest absolute Gasteiger partial charge is 0.326 e. The van der Waals surface area contributed by atoms with Crippen LogP contribution in [0.4, 0.5) is 0 Å². The summed E-state index contributed by atoms with van der Waals surface area (Å²) in [5, 5.41) is 0. The van der Waals surface area contributed by atoms with E-state index >= 15 is 0 Å². The first-order valence-corrected chi connectivity index (χ1v) is 6.51. The summed E-state index contributed by atoms with van der Waals surface area (Å²) < 4.78 is 0. The number of hydrogen-bond acceptors (Lipinski definition) is 1. The van der Waals surface area contributed by atoms with Crippen molar-refractivity contribution < 1.29 is 0 Å². The molecule has 2 N–H and O–H groups in total. The van der Waals surface area contributed by atoms with Gasteiger partial charge in [0.05, 0.1) is 0 Å². The lowest BCUT2D eigenvalue weighted by molar-refractivity contribution is 0.867. The van der Waals surface area contributed by atoms with E-state index in [1.165, 1.54) is 27.8 Å². The second-order valence-corrected chi connectivity index (χ2v) is 5.19. The molecular weight excluding hydrogens is 254 g/mol. The highest BCUT2D eigenvalue weighted by Crippen LogP contribution is 2.25. The first-order valence-electron chi connectivity index (χ1n) is 6.51. The summed E-state index contributed by atoms with van der Waals surface area (Å²) in [5.74, 6) is 0.559. The predicted molar refractivity (Wildman–Crippen MR) is 85.8 cm³/mol. The van der Waals surface area contributed by atoms with Crippen LogP contribution >= 0.6 is 12.4 Å². The van der Waals surface area contributed by atoms with Crippen LogP contribution in [0.3, 0.4) is 0 Å². The number of aryl methyl sites for hydroxylation is 1. The van der Waals surface area contributed by atoms with Gasteiger partial charge in [-0.2, -0.15) is 0 Å². The van der Waals surface area contributed by atoms with Crippen molar-refractivity contribution in [2.24, 2.45) is 5.73 Å². The maximum absolute atomic E-state index is 5.74. The van der Waals surface area contributed by atoms with Gasteiger partial charge >= 0.3 is 0 Å². The Hall–Kier alpha value is -1.31. The van der Waals surface area contributed by atoms with Crippen molar-refractivity contribution in [2.75, 3.05) is 0 Å². The molecule has 2 heteroatoms. The molecule has 1 nitrogen and oxygen atoms in total. The minimum Gasteiger partial charge on any atom is -0.326 e. The molecular formula is C17H22ClN. The number of hydrogen-bond donors (Lipinski definition) is 1. The lowest BCUT2D eigenvalue weighted by atomic mass is 9.95. The zero-order valence-electron chi connectivity index (χ0n) is 11.8. The van der Waals surface area contributed by atoms with E-state index < -0.39 is 0 Å². The van der Waals surface area contributed by atoms with Gasteiger partial charge in [0.1, 0.15) is 0 Å². The fourth-order valence-corrected chi connectivity index (χ4v) is 2.22. The Morgan fingerprint density at radius 1 is 1.00 bits per heavy atom. The summed E-state index contributed by atoms with van der Waals surface area (Å²) >= 11 is 0. The number of halogens is 1. The monoisotopic (exact) mass is 275 g/mol. The van der Waals surface area contributed by atoms with Crippen LogP contribution < -0.4 is 5.73 Å². The summed E-state index contributed by atoms with van der Waals surface area (Å²) in [6.07, 6.45) is 0. The second-order valence-electron chi connectivity index (χ2n) is 5.19. The quantitative estimate of drug-likeness (QED) is 0.866. The first kappa shape index (κ1) is 15.7. The van der Waals surface area contributed by atoms with Gasteiger partial charge in [-0.3, -0.25) is 0 Å². The topological polar surface area (TPSA) is 26.0 Å². The Balaban J connectivity index is 0.00000180. The van der Waals surface area contributed by atoms with Crippen molar-refractivity contribution in [3.05, 3.63) is 59.2 Å². The van der Waals surface area contributed by atoms with Crippen molar-refractivity contribution >= 4 is 12.4 Å². The highest BCUT2D eigenvalue weighted by atomic mass is 35.5. The molecule has 0 unspecified atom stereocenters. The molecule has 2 aromatic carbocycles. The molecule has 0 aliphatic carbocycles. The number of rotatable bonds is 3. The smallest absolute Gasteiger partial charge is 0.0178 e. The third-order valence-corrected chi connectivity index (χ3v) is 3.26. The van der Waals surface area contributed by atoms with Crippen LogP contribution in [0.1, 0.15) is 36.5 Å². The molecule has 0 radical (unpaired) electrons. The Morgan fingerprint density at radius 2 is 1.74 bits per heavy atom. The Bertz CT molecular complexity index is 547. The van der Waals surface area contributed by atoms with Crippen LogP contribution in [0, 0.1) is 6.92 Å². The lowest BCUT2D eigenvalue weighted by Gasteiger charge is -2.10. The van der Waals surface area contributed by atoms with Gasteiger partial charge < -0.3 is 5.73 Å². The molecule has 0 aliphatic rings. The molecule has 0 atom stereocenters. The second kappa shape index (κ2) is 6.74. The highest BCUT2D eigenvalue weighted by Gasteiger charge is 2.04. The number of benzene rings is 2. The minimum atomic E-state index is 0. The van der Waals surface area contributed by atoms with Gasteiger partial charge in [0.25, 0.3) is 0 Å². The third kappa shape index (κ3) is 3.82. The van der Waals surface area contributed by atoms with Gasteiger partial charge in [0.15, 0.2) is 0 Å². The molecule has 102 valence electrons. The summed E-state index contributed by atoms with van der Waals surface area (Å²) in [7, 11) is 0. The van der Waals surface area contributed by atoms with Crippen LogP contribution in [-0.4, -0.2) is 0 Å². The fourth-order valence-electron chi connectivity index (χ4n) is 2.22.